The number of likely N-dealkylation sites (N-methyl/N-ethyl adjacent to an activating group) is 1. The number of fused-ring (bicyclic) bond motifs is 2. The van der Waals surface area contributed by atoms with E-state index in [9.17, 15) is 18.0 Å². The molecule has 1 amide bonds. The molecule has 2 aromatic carbocycles. The second kappa shape index (κ2) is 12.7. The third kappa shape index (κ3) is 6.17. The molecule has 0 bridgehead atoms. The van der Waals surface area contributed by atoms with Crippen molar-refractivity contribution in [1.82, 2.24) is 30.0 Å². The number of likely N-dealkylation sites (tertiary alicyclic amines) is 1. The van der Waals surface area contributed by atoms with E-state index in [0.29, 0.717) is 41.5 Å². The van der Waals surface area contributed by atoms with Crippen molar-refractivity contribution in [1.29, 1.82) is 0 Å². The number of anilines is 2. The molecule has 51 heavy (non-hydrogen) atoms. The van der Waals surface area contributed by atoms with Crippen LogP contribution in [0.25, 0.3) is 32.9 Å². The van der Waals surface area contributed by atoms with Gasteiger partial charge in [-0.2, -0.15) is 23.3 Å². The van der Waals surface area contributed by atoms with Gasteiger partial charge in [-0.05, 0) is 93.4 Å². The molecule has 1 spiro atoms. The summed E-state index contributed by atoms with van der Waals surface area (Å²) in [6, 6.07) is 6.38. The lowest BCUT2D eigenvalue weighted by Gasteiger charge is -2.54. The zero-order valence-electron chi connectivity index (χ0n) is 29.5. The van der Waals surface area contributed by atoms with Crippen LogP contribution in [0.4, 0.5) is 24.9 Å². The summed E-state index contributed by atoms with van der Waals surface area (Å²) in [4.78, 5) is 31.2. The van der Waals surface area contributed by atoms with Crippen LogP contribution < -0.4 is 14.5 Å². The highest BCUT2D eigenvalue weighted by Gasteiger charge is 2.47. The fraction of sp³-hybridized carbons (Fsp3) is 0.526. The Bertz CT molecular complexity index is 1990. The van der Waals surface area contributed by atoms with Crippen LogP contribution in [0.5, 0.6) is 5.75 Å². The number of aryl methyl sites for hydroxylation is 1. The monoisotopic (exact) mass is 702 g/mol. The summed E-state index contributed by atoms with van der Waals surface area (Å²) in [5.41, 5.74) is 4.63. The van der Waals surface area contributed by atoms with E-state index in [4.69, 9.17) is 14.7 Å². The van der Waals surface area contributed by atoms with Crippen molar-refractivity contribution in [3.05, 3.63) is 48.2 Å². The smallest absolute Gasteiger partial charge is 0.422 e. The minimum Gasteiger partial charge on any atom is -0.481 e. The van der Waals surface area contributed by atoms with Gasteiger partial charge in [-0.1, -0.05) is 19.6 Å². The Morgan fingerprint density at radius 2 is 1.86 bits per heavy atom. The number of nitrogens with one attached hydrogen (secondary N) is 1. The van der Waals surface area contributed by atoms with E-state index in [1.165, 1.54) is 6.08 Å². The SMILES string of the molecule is C=CC(=O)N1CC2(CCN(c3nc(N4CC[C@H](N(C)CC)C4)nc4c(OCC(F)(F)F)c(-c5c(C)ccc6[nH]ncc56)c(C5CC5)cc34)CC2)C1. The van der Waals surface area contributed by atoms with Gasteiger partial charge in [0.2, 0.25) is 11.9 Å². The largest absolute Gasteiger partial charge is 0.481 e. The molecular weight excluding hydrogens is 657 g/mol. The van der Waals surface area contributed by atoms with Gasteiger partial charge in [-0.3, -0.25) is 9.89 Å². The van der Waals surface area contributed by atoms with E-state index in [0.717, 1.165) is 98.2 Å². The maximum Gasteiger partial charge on any atom is 0.422 e. The average Bonchev–Trinajstić information content (AvgIpc) is 3.63. The molecular formula is C38H45F3N8O2. The van der Waals surface area contributed by atoms with Crippen LogP contribution in [0.2, 0.25) is 0 Å². The number of alkyl halides is 3. The maximum absolute atomic E-state index is 14.1. The van der Waals surface area contributed by atoms with Crippen molar-refractivity contribution >= 4 is 39.5 Å². The van der Waals surface area contributed by atoms with Gasteiger partial charge in [0, 0.05) is 67.1 Å². The zero-order valence-corrected chi connectivity index (χ0v) is 29.5. The van der Waals surface area contributed by atoms with Crippen LogP contribution in [0.1, 0.15) is 56.1 Å². The molecule has 8 rings (SSSR count). The third-order valence-electron chi connectivity index (χ3n) is 11.7. The van der Waals surface area contributed by atoms with Gasteiger partial charge in [0.25, 0.3) is 0 Å². The molecule has 1 atom stereocenters. The highest BCUT2D eigenvalue weighted by atomic mass is 19.4. The summed E-state index contributed by atoms with van der Waals surface area (Å²) >= 11 is 0. The standard InChI is InChI=1S/C38H45F3N8O2/c1-5-30(50)49-20-37(21-49)12-15-47(16-13-37)35-27-17-26(24-8-9-24)32(31-23(3)7-10-29-28(31)18-42-45-29)34(51-22-38(39,40)41)33(27)43-36(44-35)48-14-11-25(19-48)46(4)6-2/h5,7,10,17-18,24-25H,1,6,8-9,11-16,19-22H2,2-4H3,(H,42,45)/t25-/m0/s1. The second-order valence-corrected chi connectivity index (χ2v) is 15.0. The van der Waals surface area contributed by atoms with E-state index in [1.807, 2.05) is 24.0 Å². The molecule has 270 valence electrons. The number of H-pyrrole nitrogens is 1. The molecule has 1 aliphatic carbocycles. The van der Waals surface area contributed by atoms with Gasteiger partial charge in [0.15, 0.2) is 12.4 Å². The van der Waals surface area contributed by atoms with Gasteiger partial charge < -0.3 is 24.3 Å². The Morgan fingerprint density at radius 1 is 1.10 bits per heavy atom. The molecule has 10 nitrogen and oxygen atoms in total. The highest BCUT2D eigenvalue weighted by molar-refractivity contribution is 6.06. The van der Waals surface area contributed by atoms with Gasteiger partial charge in [0.05, 0.1) is 11.7 Å². The summed E-state index contributed by atoms with van der Waals surface area (Å²) in [5, 5.41) is 8.88. The van der Waals surface area contributed by atoms with Crippen LogP contribution in [0, 0.1) is 12.3 Å². The highest BCUT2D eigenvalue weighted by Crippen LogP contribution is 2.53. The van der Waals surface area contributed by atoms with Crippen molar-refractivity contribution < 1.29 is 22.7 Å². The number of carbonyl (C=O) groups excluding carboxylic acids is 1. The van der Waals surface area contributed by atoms with Crippen LogP contribution in [-0.4, -0.2) is 108 Å². The number of benzene rings is 2. The molecule has 0 unspecified atom stereocenters. The Morgan fingerprint density at radius 3 is 2.55 bits per heavy atom. The summed E-state index contributed by atoms with van der Waals surface area (Å²) < 4.78 is 48.2. The molecule has 1 saturated carbocycles. The first kappa shape index (κ1) is 33.7. The van der Waals surface area contributed by atoms with Gasteiger partial charge in [-0.15, -0.1) is 0 Å². The normalized spacial score (nSPS) is 20.5. The maximum atomic E-state index is 14.1. The minimum absolute atomic E-state index is 0.0386. The average molecular weight is 703 g/mol. The number of rotatable bonds is 9. The van der Waals surface area contributed by atoms with Crippen LogP contribution in [-0.2, 0) is 4.79 Å². The number of halogens is 3. The molecule has 4 aliphatic rings. The topological polar surface area (TPSA) is 93.7 Å². The lowest BCUT2D eigenvalue weighted by Crippen LogP contribution is -2.61. The first-order chi connectivity index (χ1) is 24.5. The molecule has 13 heteroatoms. The van der Waals surface area contributed by atoms with Crippen LogP contribution >= 0.6 is 0 Å². The number of piperidine rings is 1. The van der Waals surface area contributed by atoms with Gasteiger partial charge in [0.1, 0.15) is 11.3 Å². The van der Waals surface area contributed by atoms with Crippen molar-refractivity contribution in [3.63, 3.8) is 0 Å². The number of aromatic nitrogens is 4. The van der Waals surface area contributed by atoms with Crippen molar-refractivity contribution in [2.75, 3.05) is 69.3 Å². The number of hydrogen-bond donors (Lipinski definition) is 1. The van der Waals surface area contributed by atoms with Crippen molar-refractivity contribution in [3.8, 4) is 16.9 Å². The predicted molar refractivity (Wildman–Crippen MR) is 192 cm³/mol. The van der Waals surface area contributed by atoms with E-state index >= 15 is 0 Å². The number of ether oxygens (including phenoxy) is 1. The zero-order chi connectivity index (χ0) is 35.7. The van der Waals surface area contributed by atoms with Gasteiger partial charge in [-0.25, -0.2) is 4.98 Å². The molecule has 3 aliphatic heterocycles. The summed E-state index contributed by atoms with van der Waals surface area (Å²) in [6.07, 6.45) is 3.16. The Labute approximate surface area is 295 Å². The molecule has 0 radical (unpaired) electrons. The third-order valence-corrected chi connectivity index (χ3v) is 11.7. The number of amides is 1. The Balaban J connectivity index is 1.30. The first-order valence-electron chi connectivity index (χ1n) is 18.1. The van der Waals surface area contributed by atoms with E-state index in [2.05, 4.69) is 51.5 Å². The molecule has 5 heterocycles. The summed E-state index contributed by atoms with van der Waals surface area (Å²) in [6.45, 7) is 11.6. The van der Waals surface area contributed by atoms with Crippen molar-refractivity contribution in [2.24, 2.45) is 5.41 Å². The minimum atomic E-state index is -4.55. The molecule has 1 N–H and O–H groups in total. The molecule has 3 saturated heterocycles. The van der Waals surface area contributed by atoms with Crippen LogP contribution in [0.15, 0.2) is 37.1 Å². The van der Waals surface area contributed by atoms with Gasteiger partial charge >= 0.3 is 6.18 Å². The second-order valence-electron chi connectivity index (χ2n) is 15.0. The molecule has 4 fully saturated rings. The summed E-state index contributed by atoms with van der Waals surface area (Å²) in [5.74, 6) is 1.54. The number of hydrogen-bond acceptors (Lipinski definition) is 8. The van der Waals surface area contributed by atoms with E-state index < -0.39 is 12.8 Å². The predicted octanol–water partition coefficient (Wildman–Crippen LogP) is 6.45. The van der Waals surface area contributed by atoms with Crippen molar-refractivity contribution in [2.45, 2.75) is 64.1 Å². The number of nitrogens with zero attached hydrogens (tertiary/aromatic N) is 7. The van der Waals surface area contributed by atoms with E-state index in [1.54, 1.807) is 6.20 Å². The Hall–Kier alpha value is -4.39. The quantitative estimate of drug-likeness (QED) is 0.199. The fourth-order valence-corrected chi connectivity index (χ4v) is 8.44. The van der Waals surface area contributed by atoms with Crippen LogP contribution in [0.3, 0.4) is 0 Å². The number of carbonyl (C=O) groups is 1. The van der Waals surface area contributed by atoms with E-state index in [-0.39, 0.29) is 23.0 Å². The number of aromatic amines is 1. The summed E-state index contributed by atoms with van der Waals surface area (Å²) in [7, 11) is 2.11. The lowest BCUT2D eigenvalue weighted by atomic mass is 9.72. The molecule has 2 aromatic heterocycles. The fourth-order valence-electron chi connectivity index (χ4n) is 8.44. The lowest BCUT2D eigenvalue weighted by molar-refractivity contribution is -0.153. The molecule has 4 aromatic rings. The first-order valence-corrected chi connectivity index (χ1v) is 18.1. The Kier molecular flexibility index (Phi) is 8.39.